The molecule has 2 aromatic carbocycles. The summed E-state index contributed by atoms with van der Waals surface area (Å²) in [4.78, 5) is 11.9. The normalized spacial score (nSPS) is 11.9. The maximum Gasteiger partial charge on any atom is 0.224 e. The van der Waals surface area contributed by atoms with E-state index in [2.05, 4.69) is 5.32 Å². The first kappa shape index (κ1) is 14.9. The number of hydrogen-bond acceptors (Lipinski definition) is 3. The van der Waals surface area contributed by atoms with Crippen molar-refractivity contribution in [2.24, 2.45) is 5.92 Å². The Bertz CT molecular complexity index is 611. The van der Waals surface area contributed by atoms with Crippen LogP contribution in [0.3, 0.4) is 0 Å². The van der Waals surface area contributed by atoms with Crippen LogP contribution in [0.15, 0.2) is 48.5 Å². The number of aromatic hydroxyl groups is 2. The zero-order valence-electron chi connectivity index (χ0n) is 11.9. The Morgan fingerprint density at radius 1 is 1.14 bits per heavy atom. The molecule has 0 aliphatic heterocycles. The van der Waals surface area contributed by atoms with E-state index in [9.17, 15) is 15.0 Å². The summed E-state index contributed by atoms with van der Waals surface area (Å²) in [5.74, 6) is 0.132. The van der Waals surface area contributed by atoms with Crippen LogP contribution in [0, 0.1) is 5.92 Å². The number of anilines is 1. The summed E-state index contributed by atoms with van der Waals surface area (Å²) in [5.41, 5.74) is 1.51. The van der Waals surface area contributed by atoms with E-state index >= 15 is 0 Å². The van der Waals surface area contributed by atoms with E-state index in [4.69, 9.17) is 0 Å². The van der Waals surface area contributed by atoms with Crippen molar-refractivity contribution in [3.05, 3.63) is 54.1 Å². The summed E-state index contributed by atoms with van der Waals surface area (Å²) in [6.45, 7) is 1.96. The maximum atomic E-state index is 11.9. The Morgan fingerprint density at radius 2 is 1.86 bits per heavy atom. The van der Waals surface area contributed by atoms with Crippen LogP contribution in [0.5, 0.6) is 11.5 Å². The molecule has 21 heavy (non-hydrogen) atoms. The number of benzene rings is 2. The highest BCUT2D eigenvalue weighted by Gasteiger charge is 2.12. The SMILES string of the molecule is CC(CC(=O)Nc1ccccc1)Cc1ccc(O)cc1O. The van der Waals surface area contributed by atoms with Gasteiger partial charge in [-0.05, 0) is 36.1 Å². The number of phenolic OH excluding ortho intramolecular Hbond substituents is 2. The Morgan fingerprint density at radius 3 is 2.52 bits per heavy atom. The second-order valence-corrected chi connectivity index (χ2v) is 5.24. The van der Waals surface area contributed by atoms with Crippen LogP contribution in [-0.4, -0.2) is 16.1 Å². The van der Waals surface area contributed by atoms with Gasteiger partial charge in [-0.25, -0.2) is 0 Å². The molecule has 3 N–H and O–H groups in total. The van der Waals surface area contributed by atoms with Gasteiger partial charge >= 0.3 is 0 Å². The lowest BCUT2D eigenvalue weighted by Gasteiger charge is -2.13. The molecular formula is C17H19NO3. The van der Waals surface area contributed by atoms with Gasteiger partial charge in [0, 0.05) is 18.2 Å². The van der Waals surface area contributed by atoms with Gasteiger partial charge in [0.1, 0.15) is 11.5 Å². The first-order chi connectivity index (χ1) is 10.0. The number of rotatable bonds is 5. The van der Waals surface area contributed by atoms with Crippen molar-refractivity contribution in [3.63, 3.8) is 0 Å². The maximum absolute atomic E-state index is 11.9. The lowest BCUT2D eigenvalue weighted by atomic mass is 9.97. The van der Waals surface area contributed by atoms with Crippen LogP contribution in [0.1, 0.15) is 18.9 Å². The Kier molecular flexibility index (Phi) is 4.82. The van der Waals surface area contributed by atoms with E-state index in [0.29, 0.717) is 12.8 Å². The van der Waals surface area contributed by atoms with Gasteiger partial charge < -0.3 is 15.5 Å². The molecule has 0 fully saturated rings. The van der Waals surface area contributed by atoms with Crippen LogP contribution in [0.25, 0.3) is 0 Å². The largest absolute Gasteiger partial charge is 0.508 e. The molecule has 0 saturated carbocycles. The minimum Gasteiger partial charge on any atom is -0.508 e. The van der Waals surface area contributed by atoms with Crippen molar-refractivity contribution >= 4 is 11.6 Å². The summed E-state index contributed by atoms with van der Waals surface area (Å²) in [6, 6.07) is 13.8. The molecule has 110 valence electrons. The van der Waals surface area contributed by atoms with Crippen LogP contribution >= 0.6 is 0 Å². The van der Waals surface area contributed by atoms with Gasteiger partial charge in [0.05, 0.1) is 0 Å². The number of carbonyl (C=O) groups is 1. The van der Waals surface area contributed by atoms with Crippen LogP contribution in [0.2, 0.25) is 0 Å². The third kappa shape index (κ3) is 4.53. The summed E-state index contributed by atoms with van der Waals surface area (Å²) in [7, 11) is 0. The molecule has 0 heterocycles. The number of para-hydroxylation sites is 1. The monoisotopic (exact) mass is 285 g/mol. The van der Waals surface area contributed by atoms with Crippen molar-refractivity contribution in [2.75, 3.05) is 5.32 Å². The molecule has 0 aliphatic rings. The predicted octanol–water partition coefficient (Wildman–Crippen LogP) is 3.31. The second kappa shape index (κ2) is 6.79. The van der Waals surface area contributed by atoms with Crippen molar-refractivity contribution in [1.29, 1.82) is 0 Å². The number of carbonyl (C=O) groups excluding carboxylic acids is 1. The van der Waals surface area contributed by atoms with E-state index < -0.39 is 0 Å². The van der Waals surface area contributed by atoms with E-state index in [1.165, 1.54) is 12.1 Å². The molecule has 0 radical (unpaired) electrons. The summed E-state index contributed by atoms with van der Waals surface area (Å²) < 4.78 is 0. The fourth-order valence-electron chi connectivity index (χ4n) is 2.22. The predicted molar refractivity (Wildman–Crippen MR) is 82.3 cm³/mol. The standard InChI is InChI=1S/C17H19NO3/c1-12(9-13-7-8-15(19)11-16(13)20)10-17(21)18-14-5-3-2-4-6-14/h2-8,11-12,19-20H,9-10H2,1H3,(H,18,21). The third-order valence-corrected chi connectivity index (χ3v) is 3.23. The molecule has 4 nitrogen and oxygen atoms in total. The number of nitrogens with one attached hydrogen (secondary N) is 1. The molecule has 0 bridgehead atoms. The molecule has 1 atom stereocenters. The number of amides is 1. The minimum absolute atomic E-state index is 0.0331. The average Bonchev–Trinajstić information content (AvgIpc) is 2.43. The molecule has 0 saturated heterocycles. The fourth-order valence-corrected chi connectivity index (χ4v) is 2.22. The number of phenols is 2. The van der Waals surface area contributed by atoms with Crippen molar-refractivity contribution in [2.45, 2.75) is 19.8 Å². The highest BCUT2D eigenvalue weighted by atomic mass is 16.3. The van der Waals surface area contributed by atoms with Gasteiger partial charge in [-0.2, -0.15) is 0 Å². The van der Waals surface area contributed by atoms with Gasteiger partial charge in [-0.3, -0.25) is 4.79 Å². The lowest BCUT2D eigenvalue weighted by Crippen LogP contribution is -2.16. The molecular weight excluding hydrogens is 266 g/mol. The van der Waals surface area contributed by atoms with Gasteiger partial charge in [0.2, 0.25) is 5.91 Å². The summed E-state index contributed by atoms with van der Waals surface area (Å²) in [5, 5.41) is 21.8. The zero-order chi connectivity index (χ0) is 15.2. The van der Waals surface area contributed by atoms with Gasteiger partial charge in [0.25, 0.3) is 0 Å². The van der Waals surface area contributed by atoms with Crippen LogP contribution < -0.4 is 5.32 Å². The molecule has 1 amide bonds. The van der Waals surface area contributed by atoms with Crippen molar-refractivity contribution in [3.8, 4) is 11.5 Å². The van der Waals surface area contributed by atoms with Crippen LogP contribution in [0.4, 0.5) is 5.69 Å². The van der Waals surface area contributed by atoms with Crippen LogP contribution in [-0.2, 0) is 11.2 Å². The van der Waals surface area contributed by atoms with E-state index in [1.807, 2.05) is 37.3 Å². The average molecular weight is 285 g/mol. The molecule has 0 aromatic heterocycles. The third-order valence-electron chi connectivity index (χ3n) is 3.23. The Labute approximate surface area is 124 Å². The topological polar surface area (TPSA) is 69.6 Å². The molecule has 1 unspecified atom stereocenters. The zero-order valence-corrected chi connectivity index (χ0v) is 11.9. The van der Waals surface area contributed by atoms with Crippen molar-refractivity contribution in [1.82, 2.24) is 0 Å². The van der Waals surface area contributed by atoms with E-state index in [-0.39, 0.29) is 23.3 Å². The van der Waals surface area contributed by atoms with Gasteiger partial charge in [-0.1, -0.05) is 31.2 Å². The smallest absolute Gasteiger partial charge is 0.224 e. The van der Waals surface area contributed by atoms with E-state index in [0.717, 1.165) is 11.3 Å². The Hall–Kier alpha value is -2.49. The van der Waals surface area contributed by atoms with E-state index in [1.54, 1.807) is 6.07 Å². The highest BCUT2D eigenvalue weighted by Crippen LogP contribution is 2.25. The molecule has 0 spiro atoms. The first-order valence-corrected chi connectivity index (χ1v) is 6.90. The second-order valence-electron chi connectivity index (χ2n) is 5.24. The minimum atomic E-state index is -0.0491. The summed E-state index contributed by atoms with van der Waals surface area (Å²) >= 11 is 0. The summed E-state index contributed by atoms with van der Waals surface area (Å²) in [6.07, 6.45) is 0.948. The molecule has 2 aromatic rings. The fraction of sp³-hybridized carbons (Fsp3) is 0.235. The van der Waals surface area contributed by atoms with Gasteiger partial charge in [0.15, 0.2) is 0 Å². The number of hydrogen-bond donors (Lipinski definition) is 3. The quantitative estimate of drug-likeness (QED) is 0.789. The molecule has 0 aliphatic carbocycles. The first-order valence-electron chi connectivity index (χ1n) is 6.90. The highest BCUT2D eigenvalue weighted by molar-refractivity contribution is 5.90. The Balaban J connectivity index is 1.89. The van der Waals surface area contributed by atoms with Crippen molar-refractivity contribution < 1.29 is 15.0 Å². The lowest BCUT2D eigenvalue weighted by molar-refractivity contribution is -0.116. The van der Waals surface area contributed by atoms with Gasteiger partial charge in [-0.15, -0.1) is 0 Å². The molecule has 2 rings (SSSR count). The molecule has 4 heteroatoms.